The summed E-state index contributed by atoms with van der Waals surface area (Å²) in [5.74, 6) is 0. The van der Waals surface area contributed by atoms with Crippen LogP contribution in [0.2, 0.25) is 0 Å². The van der Waals surface area contributed by atoms with Crippen LogP contribution in [-0.2, 0) is 0 Å². The van der Waals surface area contributed by atoms with E-state index < -0.39 is 0 Å². The topological polar surface area (TPSA) is 27.9 Å². The SMILES string of the molecule is c1ccc2c(-n3c4ccccc4c4cccc(-n5c6cccc(c6)c6cccc(c6)n(-c6ccc7c(c6)oc6ccccc67)c6ccc7ccc8ccc5cc8c7c6)c43)cccc2c1. The zero-order chi connectivity index (χ0) is 41.9. The lowest BCUT2D eigenvalue weighted by atomic mass is 10.0. The van der Waals surface area contributed by atoms with Gasteiger partial charge in [-0.25, -0.2) is 0 Å². The van der Waals surface area contributed by atoms with E-state index in [1.165, 1.54) is 48.6 Å². The van der Waals surface area contributed by atoms with Crippen molar-refractivity contribution in [1.29, 1.82) is 0 Å². The maximum Gasteiger partial charge on any atom is 0.137 e. The van der Waals surface area contributed by atoms with Gasteiger partial charge < -0.3 is 18.1 Å². The van der Waals surface area contributed by atoms with Crippen LogP contribution in [0, 0.1) is 0 Å². The van der Waals surface area contributed by atoms with E-state index in [-0.39, 0.29) is 0 Å². The van der Waals surface area contributed by atoms with Crippen LogP contribution in [0.1, 0.15) is 0 Å². The molecule has 298 valence electrons. The van der Waals surface area contributed by atoms with Gasteiger partial charge in [0.05, 0.1) is 22.4 Å². The third-order valence-corrected chi connectivity index (χ3v) is 13.4. The summed E-state index contributed by atoms with van der Waals surface area (Å²) < 4.78 is 13.8. The van der Waals surface area contributed by atoms with E-state index in [1.807, 2.05) is 12.1 Å². The first kappa shape index (κ1) is 35.0. The molecule has 0 aliphatic rings. The van der Waals surface area contributed by atoms with E-state index in [0.29, 0.717) is 0 Å². The fraction of sp³-hybridized carbons (Fsp3) is 0. The molecule has 4 heteroatoms. The highest BCUT2D eigenvalue weighted by Gasteiger charge is 2.19. The van der Waals surface area contributed by atoms with Gasteiger partial charge in [0, 0.05) is 60.8 Å². The molecule has 0 aliphatic carbocycles. The van der Waals surface area contributed by atoms with Gasteiger partial charge in [0.1, 0.15) is 11.2 Å². The maximum absolute atomic E-state index is 6.46. The molecular weight excluding hydrogens is 779 g/mol. The van der Waals surface area contributed by atoms with Crippen molar-refractivity contribution in [1.82, 2.24) is 13.7 Å². The minimum absolute atomic E-state index is 0.868. The molecular formula is C60H37N3O. The predicted octanol–water partition coefficient (Wildman–Crippen LogP) is 16.3. The number of aromatic nitrogens is 3. The van der Waals surface area contributed by atoms with Crippen molar-refractivity contribution >= 4 is 109 Å². The highest BCUT2D eigenvalue weighted by molar-refractivity contribution is 6.14. The molecule has 0 atom stereocenters. The molecule has 0 fully saturated rings. The van der Waals surface area contributed by atoms with Crippen LogP contribution in [0.5, 0.6) is 0 Å². The highest BCUT2D eigenvalue weighted by atomic mass is 16.3. The van der Waals surface area contributed by atoms with Gasteiger partial charge in [0.25, 0.3) is 0 Å². The molecule has 0 saturated carbocycles. The van der Waals surface area contributed by atoms with Crippen molar-refractivity contribution < 1.29 is 4.42 Å². The molecule has 0 N–H and O–H groups in total. The van der Waals surface area contributed by atoms with Crippen LogP contribution in [0.3, 0.4) is 0 Å². The summed E-state index contributed by atoms with van der Waals surface area (Å²) in [5.41, 5.74) is 11.7. The lowest BCUT2D eigenvalue weighted by Gasteiger charge is -2.18. The zero-order valence-electron chi connectivity index (χ0n) is 34.6. The predicted molar refractivity (Wildman–Crippen MR) is 269 cm³/mol. The number of rotatable bonds is 3. The molecule has 0 spiro atoms. The Labute approximate surface area is 367 Å². The van der Waals surface area contributed by atoms with Gasteiger partial charge in [0.15, 0.2) is 0 Å². The van der Waals surface area contributed by atoms with Crippen LogP contribution in [-0.4, -0.2) is 13.7 Å². The third-order valence-electron chi connectivity index (χ3n) is 13.4. The second kappa shape index (κ2) is 13.4. The molecule has 3 heterocycles. The van der Waals surface area contributed by atoms with Crippen molar-refractivity contribution in [3.05, 3.63) is 224 Å². The normalized spacial score (nSPS) is 12.1. The lowest BCUT2D eigenvalue weighted by molar-refractivity contribution is 0.668. The van der Waals surface area contributed by atoms with E-state index in [0.717, 1.165) is 77.4 Å². The van der Waals surface area contributed by atoms with Crippen molar-refractivity contribution in [2.24, 2.45) is 0 Å². The second-order valence-electron chi connectivity index (χ2n) is 17.0. The molecule has 0 radical (unpaired) electrons. The zero-order valence-corrected chi connectivity index (χ0v) is 34.6. The smallest absolute Gasteiger partial charge is 0.137 e. The Kier molecular flexibility index (Phi) is 7.36. The van der Waals surface area contributed by atoms with Crippen molar-refractivity contribution in [3.63, 3.8) is 0 Å². The minimum atomic E-state index is 0.868. The van der Waals surface area contributed by atoms with Crippen LogP contribution in [0.15, 0.2) is 229 Å². The van der Waals surface area contributed by atoms with Crippen molar-refractivity contribution in [2.75, 3.05) is 0 Å². The number of benzene rings is 11. The van der Waals surface area contributed by atoms with Gasteiger partial charge in [-0.05, 0) is 123 Å². The quantitative estimate of drug-likeness (QED) is 0.163. The summed E-state index contributed by atoms with van der Waals surface area (Å²) in [7, 11) is 0. The first-order valence-corrected chi connectivity index (χ1v) is 21.9. The van der Waals surface area contributed by atoms with Crippen molar-refractivity contribution in [3.8, 4) is 17.1 Å². The summed E-state index contributed by atoms with van der Waals surface area (Å²) in [6.45, 7) is 0. The summed E-state index contributed by atoms with van der Waals surface area (Å²) >= 11 is 0. The number of fused-ring (bicyclic) bond motifs is 14. The molecule has 14 rings (SSSR count). The molecule has 0 saturated heterocycles. The summed E-state index contributed by atoms with van der Waals surface area (Å²) in [4.78, 5) is 0. The van der Waals surface area contributed by atoms with Gasteiger partial charge in [0.2, 0.25) is 0 Å². The highest BCUT2D eigenvalue weighted by Crippen LogP contribution is 2.40. The van der Waals surface area contributed by atoms with Gasteiger partial charge in [-0.1, -0.05) is 133 Å². The van der Waals surface area contributed by atoms with Crippen LogP contribution in [0.4, 0.5) is 0 Å². The molecule has 11 aromatic carbocycles. The molecule has 0 unspecified atom stereocenters. The summed E-state index contributed by atoms with van der Waals surface area (Å²) in [6, 6.07) is 82.2. The summed E-state index contributed by atoms with van der Waals surface area (Å²) in [6.07, 6.45) is 0. The van der Waals surface area contributed by atoms with Gasteiger partial charge in [-0.2, -0.15) is 0 Å². The average Bonchev–Trinajstić information content (AvgIpc) is 3.90. The molecule has 8 bridgehead atoms. The Bertz CT molecular complexity index is 4320. The second-order valence-corrected chi connectivity index (χ2v) is 17.0. The van der Waals surface area contributed by atoms with E-state index in [4.69, 9.17) is 4.42 Å². The van der Waals surface area contributed by atoms with E-state index >= 15 is 0 Å². The van der Waals surface area contributed by atoms with E-state index in [1.54, 1.807) is 0 Å². The fourth-order valence-corrected chi connectivity index (χ4v) is 10.5. The number of nitrogens with zero attached hydrogens (tertiary/aromatic N) is 3. The Morgan fingerprint density at radius 2 is 0.797 bits per heavy atom. The molecule has 14 aromatic rings. The first-order valence-electron chi connectivity index (χ1n) is 21.9. The number of para-hydroxylation sites is 3. The molecule has 4 nitrogen and oxygen atoms in total. The number of hydrogen-bond acceptors (Lipinski definition) is 1. The Hall–Kier alpha value is -8.60. The van der Waals surface area contributed by atoms with Gasteiger partial charge in [-0.3, -0.25) is 0 Å². The minimum Gasteiger partial charge on any atom is -0.456 e. The van der Waals surface area contributed by atoms with E-state index in [9.17, 15) is 0 Å². The van der Waals surface area contributed by atoms with Crippen LogP contribution in [0.25, 0.3) is 126 Å². The molecule has 3 aromatic heterocycles. The summed E-state index contributed by atoms with van der Waals surface area (Å²) in [5, 5.41) is 14.1. The Balaban J connectivity index is 1.14. The van der Waals surface area contributed by atoms with E-state index in [2.05, 4.69) is 226 Å². The monoisotopic (exact) mass is 815 g/mol. The molecule has 0 aliphatic heterocycles. The number of hydrogen-bond donors (Lipinski definition) is 0. The van der Waals surface area contributed by atoms with Crippen LogP contribution >= 0.6 is 0 Å². The Morgan fingerprint density at radius 3 is 1.59 bits per heavy atom. The van der Waals surface area contributed by atoms with Crippen molar-refractivity contribution in [2.45, 2.75) is 0 Å². The fourth-order valence-electron chi connectivity index (χ4n) is 10.5. The first-order chi connectivity index (χ1) is 31.7. The third kappa shape index (κ3) is 5.17. The van der Waals surface area contributed by atoms with Crippen LogP contribution < -0.4 is 0 Å². The standard InChI is InChI=1S/C60H37N3O/c1-2-17-48-38(11-1)12-9-22-55(48)63-56-21-5-3-18-49(56)52-20-10-23-57(60(52)63)62-44-16-8-14-42(34-44)41-13-7-15-43(33-41)61(47-31-32-51-50-19-4-6-24-58(50)64-59(51)37-47)45-29-27-39-25-26-40-28-30-46(62)36-54(40)53(39)35-45/h1-37H. The number of furan rings is 1. The average molecular weight is 816 g/mol. The Morgan fingerprint density at radius 1 is 0.266 bits per heavy atom. The largest absolute Gasteiger partial charge is 0.456 e. The van der Waals surface area contributed by atoms with Gasteiger partial charge in [-0.15, -0.1) is 0 Å². The molecule has 64 heavy (non-hydrogen) atoms. The maximum atomic E-state index is 6.46. The lowest BCUT2D eigenvalue weighted by Crippen LogP contribution is -2.02. The molecule has 0 amide bonds. The van der Waals surface area contributed by atoms with Gasteiger partial charge >= 0.3 is 0 Å².